The Morgan fingerprint density at radius 1 is 1.05 bits per heavy atom. The zero-order valence-electron chi connectivity index (χ0n) is 20.4. The van der Waals surface area contributed by atoms with E-state index in [4.69, 9.17) is 22.0 Å². The zero-order valence-corrected chi connectivity index (χ0v) is 24.7. The van der Waals surface area contributed by atoms with E-state index in [-0.39, 0.29) is 31.9 Å². The number of rotatable bonds is 15. The van der Waals surface area contributed by atoms with E-state index in [9.17, 15) is 18.3 Å². The summed E-state index contributed by atoms with van der Waals surface area (Å²) in [4.78, 5) is 17.2. The van der Waals surface area contributed by atoms with Crippen LogP contribution in [0.1, 0.15) is 44.2 Å². The molecule has 0 saturated heterocycles. The Morgan fingerprint density at radius 2 is 1.68 bits per heavy atom. The summed E-state index contributed by atoms with van der Waals surface area (Å²) in [6.45, 7) is 6.35. The average molecular weight is 721 g/mol. The van der Waals surface area contributed by atoms with Crippen molar-refractivity contribution >= 4 is 39.0 Å². The van der Waals surface area contributed by atoms with Crippen molar-refractivity contribution < 1.29 is 43.4 Å². The molecule has 0 saturated carbocycles. The first-order valence-electron chi connectivity index (χ1n) is 11.4. The smallest absolute Gasteiger partial charge is 0 e. The Hall–Kier alpha value is -2.20. The van der Waals surface area contributed by atoms with Gasteiger partial charge in [-0.1, -0.05) is 31.7 Å². The fourth-order valence-corrected chi connectivity index (χ4v) is 4.13. The molecule has 203 valence electrons. The number of carbonyl (C=O) groups excluding carboxylic acids is 1. The molecule has 4 N–H and O–H groups in total. The van der Waals surface area contributed by atoms with Gasteiger partial charge in [0.15, 0.2) is 5.11 Å². The minimum Gasteiger partial charge on any atom is 0 e. The number of carbonyl (C=O) groups is 1. The van der Waals surface area contributed by atoms with Gasteiger partial charge in [0.05, 0.1) is 16.6 Å². The van der Waals surface area contributed by atoms with Gasteiger partial charge in [0, 0.05) is 51.9 Å². The number of anilines is 1. The third-order valence-electron chi connectivity index (χ3n) is 5.09. The summed E-state index contributed by atoms with van der Waals surface area (Å²) < 4.78 is 30.1. The second-order valence-corrected chi connectivity index (χ2v) is 9.95. The first kappa shape index (κ1) is 34.8. The van der Waals surface area contributed by atoms with E-state index in [0.29, 0.717) is 23.9 Å². The molecule has 1 heterocycles. The molecule has 2 rings (SSSR count). The minimum atomic E-state index is -3.71. The molecule has 0 bridgehead atoms. The van der Waals surface area contributed by atoms with E-state index >= 15 is 0 Å². The maximum absolute atomic E-state index is 11.3. The van der Waals surface area contributed by atoms with Gasteiger partial charge in [-0.05, 0) is 68.0 Å². The van der Waals surface area contributed by atoms with Crippen LogP contribution in [-0.4, -0.2) is 49.0 Å². The number of sulfonamides is 1. The Kier molecular flexibility index (Phi) is 18.7. The molecule has 37 heavy (non-hydrogen) atoms. The summed E-state index contributed by atoms with van der Waals surface area (Å²) in [5.41, 5.74) is 1.53. The van der Waals surface area contributed by atoms with Gasteiger partial charge in [0.25, 0.3) is 0 Å². The van der Waals surface area contributed by atoms with Gasteiger partial charge in [0.1, 0.15) is 0 Å². The predicted octanol–water partition coefficient (Wildman–Crippen LogP) is 1.57. The summed E-state index contributed by atoms with van der Waals surface area (Å²) in [5.74, 6) is -1.07. The molecule has 2 aromatic rings. The van der Waals surface area contributed by atoms with Gasteiger partial charge < -0.3 is 20.5 Å². The Bertz CT molecular complexity index is 1050. The molecule has 13 heteroatoms. The van der Waals surface area contributed by atoms with Crippen molar-refractivity contribution in [3.8, 4) is 0 Å². The van der Waals surface area contributed by atoms with Crippen LogP contribution in [0.5, 0.6) is 0 Å². The van der Waals surface area contributed by atoms with E-state index in [1.54, 1.807) is 18.3 Å². The number of carboxylic acid groups (broad SMARTS) is 1. The van der Waals surface area contributed by atoms with Crippen LogP contribution in [0.25, 0.3) is 0 Å². The number of benzene rings is 1. The predicted molar refractivity (Wildman–Crippen MR) is 138 cm³/mol. The maximum Gasteiger partial charge on any atom is 0 e. The fraction of sp³-hybridized carbons (Fsp3) is 0.417. The van der Waals surface area contributed by atoms with Crippen molar-refractivity contribution in [3.63, 3.8) is 0 Å². The zero-order chi connectivity index (χ0) is 26.8. The molecule has 1 aromatic carbocycles. The number of pyridine rings is 1. The molecule has 10 nitrogen and oxygen atoms in total. The molecular weight excluding hydrogens is 689 g/mol. The van der Waals surface area contributed by atoms with Gasteiger partial charge in [-0.2, -0.15) is 0 Å². The standard InChI is InChI=1S/C23H33N5O4S2.CO.Re/c24-34(31,32)21-12-10-19(11-13-21)27-23(33)26-15-6-3-1-2-4-8-16-28(18-22(29)30)17-20-9-5-7-14-25-20;1-2;/h5,7,9-14H,1-4,6,8,15-18H2,(H,29,30)(H2,24,31,32)(H2,26,27,33);;/p-1. The van der Waals surface area contributed by atoms with Gasteiger partial charge in [0.2, 0.25) is 10.0 Å². The maximum atomic E-state index is 11.3. The third kappa shape index (κ3) is 16.3. The number of hydrogen-bond donors (Lipinski definition) is 3. The van der Waals surface area contributed by atoms with Crippen LogP contribution in [-0.2, 0) is 46.4 Å². The quantitative estimate of drug-likeness (QED) is 0.107. The number of nitrogens with two attached hydrogens (primary N) is 1. The summed E-state index contributed by atoms with van der Waals surface area (Å²) in [6, 6.07) is 11.7. The van der Waals surface area contributed by atoms with Crippen LogP contribution < -0.4 is 20.9 Å². The largest absolute Gasteiger partial charge is 0 e. The third-order valence-corrected chi connectivity index (χ3v) is 6.27. The van der Waals surface area contributed by atoms with Crippen LogP contribution in [0.2, 0.25) is 0 Å². The molecule has 0 amide bonds. The molecule has 0 unspecified atom stereocenters. The number of aliphatic carboxylic acids is 1. The van der Waals surface area contributed by atoms with Gasteiger partial charge >= 0.3 is 11.3 Å². The molecule has 0 aliphatic heterocycles. The van der Waals surface area contributed by atoms with Crippen LogP contribution in [0.15, 0.2) is 53.6 Å². The number of primary sulfonamides is 1. The minimum absolute atomic E-state index is 0. The first-order valence-corrected chi connectivity index (χ1v) is 13.4. The number of nitrogens with zero attached hydrogens (tertiary/aromatic N) is 2. The number of nitrogens with one attached hydrogen (secondary N) is 2. The van der Waals surface area contributed by atoms with Crippen LogP contribution in [0.4, 0.5) is 5.69 Å². The average Bonchev–Trinajstić information content (AvgIpc) is 2.84. The molecule has 1 aromatic heterocycles. The van der Waals surface area contributed by atoms with E-state index in [1.165, 1.54) is 12.1 Å². The van der Waals surface area contributed by atoms with Crippen molar-refractivity contribution in [2.45, 2.75) is 50.0 Å². The normalized spacial score (nSPS) is 10.5. The molecule has 0 spiro atoms. The molecule has 1 radical (unpaired) electrons. The van der Waals surface area contributed by atoms with E-state index in [0.717, 1.165) is 50.8 Å². The van der Waals surface area contributed by atoms with Crippen molar-refractivity contribution in [3.05, 3.63) is 61.0 Å². The van der Waals surface area contributed by atoms with E-state index in [1.807, 2.05) is 23.1 Å². The van der Waals surface area contributed by atoms with Crippen LogP contribution in [0, 0.1) is 6.65 Å². The Morgan fingerprint density at radius 3 is 2.24 bits per heavy atom. The van der Waals surface area contributed by atoms with E-state index in [2.05, 4.69) is 22.3 Å². The second kappa shape index (κ2) is 19.9. The Balaban J connectivity index is 0.00000421. The monoisotopic (exact) mass is 721 g/mol. The molecular formula is C24H32N5O5ReS2-. The topological polar surface area (TPSA) is 160 Å². The Labute approximate surface area is 237 Å². The van der Waals surface area contributed by atoms with Gasteiger partial charge in [-0.3, -0.25) is 9.88 Å². The first-order chi connectivity index (χ1) is 17.2. The second-order valence-electron chi connectivity index (χ2n) is 7.98. The van der Waals surface area contributed by atoms with Crippen molar-refractivity contribution in [2.24, 2.45) is 5.14 Å². The number of aromatic nitrogens is 1. The fourth-order valence-electron chi connectivity index (χ4n) is 3.39. The molecule has 0 aliphatic carbocycles. The summed E-state index contributed by atoms with van der Waals surface area (Å²) in [6.07, 6.45) is 7.89. The van der Waals surface area contributed by atoms with Crippen LogP contribution in [0.3, 0.4) is 0 Å². The van der Waals surface area contributed by atoms with Crippen molar-refractivity contribution in [1.29, 1.82) is 0 Å². The summed E-state index contributed by atoms with van der Waals surface area (Å²) in [5, 5.41) is 22.7. The number of hydrogen-bond acceptors (Lipinski definition) is 7. The summed E-state index contributed by atoms with van der Waals surface area (Å²) in [7, 11) is -3.71. The van der Waals surface area contributed by atoms with Crippen molar-refractivity contribution in [2.75, 3.05) is 25.0 Å². The van der Waals surface area contributed by atoms with Crippen molar-refractivity contribution in [1.82, 2.24) is 15.2 Å². The number of carboxylic acids is 1. The number of unbranched alkanes of at least 4 members (excludes halogenated alkanes) is 5. The van der Waals surface area contributed by atoms with Gasteiger partial charge in [-0.25, -0.2) is 13.6 Å². The SMILES string of the molecule is NS(=O)(=O)c1ccc(NC(=S)NCCCCCCCCN(CC(=O)[O-])Cc2ccccn2)cc1.[C-]#[O+].[Re]. The summed E-state index contributed by atoms with van der Waals surface area (Å²) >= 11 is 5.26. The van der Waals surface area contributed by atoms with Crippen LogP contribution >= 0.6 is 12.2 Å². The molecule has 0 fully saturated rings. The molecule has 0 aliphatic rings. The van der Waals surface area contributed by atoms with Gasteiger partial charge in [-0.15, -0.1) is 0 Å². The van der Waals surface area contributed by atoms with E-state index < -0.39 is 16.0 Å². The number of thiocarbonyl (C=S) groups is 1. The molecule has 0 atom stereocenters.